The minimum absolute atomic E-state index is 0. The van der Waals surface area contributed by atoms with Gasteiger partial charge in [0, 0.05) is 17.7 Å². The molecular formula is C8H10ClFN2O3. The third-order valence-corrected chi connectivity index (χ3v) is 1.78. The Morgan fingerprint density at radius 1 is 1.60 bits per heavy atom. The largest absolute Gasteiger partial charge is 0.505 e. The first-order valence-electron chi connectivity index (χ1n) is 3.86. The van der Waals surface area contributed by atoms with E-state index in [0.29, 0.717) is 6.07 Å². The Labute approximate surface area is 91.3 Å². The highest BCUT2D eigenvalue weighted by molar-refractivity contribution is 5.85. The van der Waals surface area contributed by atoms with Crippen molar-refractivity contribution in [1.29, 1.82) is 0 Å². The van der Waals surface area contributed by atoms with Crippen LogP contribution in [0.3, 0.4) is 0 Å². The second kappa shape index (κ2) is 4.90. The molecule has 0 aromatic heterocycles. The second-order valence-electron chi connectivity index (χ2n) is 2.91. The van der Waals surface area contributed by atoms with Gasteiger partial charge in [0.05, 0.1) is 11.0 Å². The van der Waals surface area contributed by atoms with Crippen molar-refractivity contribution in [3.05, 3.63) is 33.6 Å². The maximum absolute atomic E-state index is 13.0. The van der Waals surface area contributed by atoms with E-state index in [0.717, 1.165) is 6.07 Å². The summed E-state index contributed by atoms with van der Waals surface area (Å²) >= 11 is 0. The highest BCUT2D eigenvalue weighted by Gasteiger charge is 2.17. The molecule has 0 bridgehead atoms. The van der Waals surface area contributed by atoms with E-state index in [1.807, 2.05) is 0 Å². The SMILES string of the molecule is C[C@@H](N)c1cc([N+](=O)[O-])cc(F)c1O.Cl. The zero-order chi connectivity index (χ0) is 10.9. The van der Waals surface area contributed by atoms with Crippen LogP contribution in [0.1, 0.15) is 18.5 Å². The van der Waals surface area contributed by atoms with E-state index in [2.05, 4.69) is 0 Å². The van der Waals surface area contributed by atoms with Gasteiger partial charge < -0.3 is 10.8 Å². The molecule has 1 atom stereocenters. The van der Waals surface area contributed by atoms with E-state index in [1.165, 1.54) is 6.92 Å². The summed E-state index contributed by atoms with van der Waals surface area (Å²) in [5.74, 6) is -1.67. The number of nitro benzene ring substituents is 1. The quantitative estimate of drug-likeness (QED) is 0.606. The van der Waals surface area contributed by atoms with E-state index in [-0.39, 0.29) is 18.0 Å². The summed E-state index contributed by atoms with van der Waals surface area (Å²) in [6.07, 6.45) is 0. The number of nitrogens with zero attached hydrogens (tertiary/aromatic N) is 1. The smallest absolute Gasteiger partial charge is 0.272 e. The van der Waals surface area contributed by atoms with Gasteiger partial charge in [0.25, 0.3) is 5.69 Å². The molecule has 0 unspecified atom stereocenters. The standard InChI is InChI=1S/C8H9FN2O3.ClH/c1-4(10)6-2-5(11(13)14)3-7(9)8(6)12;/h2-4,12H,10H2,1H3;1H/t4-;/m1./s1. The summed E-state index contributed by atoms with van der Waals surface area (Å²) < 4.78 is 13.0. The molecule has 0 saturated carbocycles. The fraction of sp³-hybridized carbons (Fsp3) is 0.250. The molecule has 0 radical (unpaired) electrons. The number of halogens is 2. The van der Waals surface area contributed by atoms with Gasteiger partial charge in [-0.05, 0) is 6.92 Å². The van der Waals surface area contributed by atoms with Crippen LogP contribution in [0.25, 0.3) is 0 Å². The van der Waals surface area contributed by atoms with E-state index in [1.54, 1.807) is 0 Å². The topological polar surface area (TPSA) is 89.4 Å². The van der Waals surface area contributed by atoms with Gasteiger partial charge in [-0.1, -0.05) is 0 Å². The first-order valence-corrected chi connectivity index (χ1v) is 3.86. The van der Waals surface area contributed by atoms with E-state index in [9.17, 15) is 19.6 Å². The van der Waals surface area contributed by atoms with Gasteiger partial charge in [0.2, 0.25) is 0 Å². The number of phenolic OH excluding ortho intramolecular Hbond substituents is 1. The molecule has 0 fully saturated rings. The fourth-order valence-electron chi connectivity index (χ4n) is 1.06. The molecule has 0 heterocycles. The van der Waals surface area contributed by atoms with Crippen LogP contribution in [0.15, 0.2) is 12.1 Å². The molecule has 0 spiro atoms. The Hall–Kier alpha value is -1.40. The van der Waals surface area contributed by atoms with Crippen molar-refractivity contribution in [3.63, 3.8) is 0 Å². The highest BCUT2D eigenvalue weighted by atomic mass is 35.5. The van der Waals surface area contributed by atoms with Crippen LogP contribution in [0.2, 0.25) is 0 Å². The third kappa shape index (κ3) is 2.77. The number of benzene rings is 1. The summed E-state index contributed by atoms with van der Waals surface area (Å²) in [6.45, 7) is 1.50. The first-order chi connectivity index (χ1) is 6.43. The maximum atomic E-state index is 13.0. The van der Waals surface area contributed by atoms with Crippen molar-refractivity contribution >= 4 is 18.1 Å². The normalized spacial score (nSPS) is 11.7. The number of rotatable bonds is 2. The molecule has 1 aromatic carbocycles. The maximum Gasteiger partial charge on any atom is 0.272 e. The number of nitrogens with two attached hydrogens (primary N) is 1. The number of phenols is 1. The lowest BCUT2D eigenvalue weighted by atomic mass is 10.1. The van der Waals surface area contributed by atoms with Crippen LogP contribution in [-0.4, -0.2) is 10.0 Å². The molecule has 1 rings (SSSR count). The summed E-state index contributed by atoms with van der Waals surface area (Å²) in [7, 11) is 0. The van der Waals surface area contributed by atoms with Crippen LogP contribution in [0, 0.1) is 15.9 Å². The summed E-state index contributed by atoms with van der Waals surface area (Å²) in [5, 5.41) is 19.6. The molecular weight excluding hydrogens is 227 g/mol. The van der Waals surface area contributed by atoms with Crippen LogP contribution in [-0.2, 0) is 0 Å². The predicted octanol–water partition coefficient (Wildman–Crippen LogP) is 1.88. The van der Waals surface area contributed by atoms with E-state index >= 15 is 0 Å². The molecule has 15 heavy (non-hydrogen) atoms. The lowest BCUT2D eigenvalue weighted by molar-refractivity contribution is -0.385. The molecule has 84 valence electrons. The van der Waals surface area contributed by atoms with Crippen LogP contribution in [0.4, 0.5) is 10.1 Å². The predicted molar refractivity (Wildman–Crippen MR) is 54.6 cm³/mol. The van der Waals surface area contributed by atoms with Crippen LogP contribution >= 0.6 is 12.4 Å². The summed E-state index contributed by atoms with van der Waals surface area (Å²) in [5.41, 5.74) is 5.00. The summed E-state index contributed by atoms with van der Waals surface area (Å²) in [6, 6.07) is 1.05. The van der Waals surface area contributed by atoms with E-state index in [4.69, 9.17) is 5.73 Å². The average Bonchev–Trinajstić information content (AvgIpc) is 2.08. The average molecular weight is 237 g/mol. The number of aromatic hydroxyl groups is 1. The zero-order valence-corrected chi connectivity index (χ0v) is 8.62. The number of non-ortho nitro benzene ring substituents is 1. The van der Waals surface area contributed by atoms with Gasteiger partial charge >= 0.3 is 0 Å². The van der Waals surface area contributed by atoms with Gasteiger partial charge in [-0.25, -0.2) is 4.39 Å². The van der Waals surface area contributed by atoms with Crippen LogP contribution < -0.4 is 5.73 Å². The molecule has 1 aromatic rings. The minimum Gasteiger partial charge on any atom is -0.505 e. The van der Waals surface area contributed by atoms with Crippen molar-refractivity contribution < 1.29 is 14.4 Å². The van der Waals surface area contributed by atoms with Gasteiger partial charge in [-0.3, -0.25) is 10.1 Å². The Morgan fingerprint density at radius 2 is 2.13 bits per heavy atom. The van der Waals surface area contributed by atoms with Crippen molar-refractivity contribution in [1.82, 2.24) is 0 Å². The van der Waals surface area contributed by atoms with Gasteiger partial charge in [0.15, 0.2) is 11.6 Å². The third-order valence-electron chi connectivity index (χ3n) is 1.78. The molecule has 7 heteroatoms. The lowest BCUT2D eigenvalue weighted by Gasteiger charge is -2.08. The number of hydrogen-bond donors (Lipinski definition) is 2. The van der Waals surface area contributed by atoms with Crippen LogP contribution in [0.5, 0.6) is 5.75 Å². The Bertz CT molecular complexity index is 384. The van der Waals surface area contributed by atoms with Crippen molar-refractivity contribution in [2.75, 3.05) is 0 Å². The van der Waals surface area contributed by atoms with E-state index < -0.39 is 28.2 Å². The Balaban J connectivity index is 0.00000196. The fourth-order valence-corrected chi connectivity index (χ4v) is 1.06. The number of hydrogen-bond acceptors (Lipinski definition) is 4. The molecule has 0 aliphatic heterocycles. The molecule has 0 amide bonds. The van der Waals surface area contributed by atoms with Crippen molar-refractivity contribution in [2.24, 2.45) is 5.73 Å². The zero-order valence-electron chi connectivity index (χ0n) is 7.81. The second-order valence-corrected chi connectivity index (χ2v) is 2.91. The molecule has 0 saturated heterocycles. The molecule has 5 nitrogen and oxygen atoms in total. The van der Waals surface area contributed by atoms with Crippen molar-refractivity contribution in [3.8, 4) is 5.75 Å². The highest BCUT2D eigenvalue weighted by Crippen LogP contribution is 2.30. The Kier molecular flexibility index (Phi) is 4.44. The van der Waals surface area contributed by atoms with Gasteiger partial charge in [0.1, 0.15) is 0 Å². The lowest BCUT2D eigenvalue weighted by Crippen LogP contribution is -2.06. The van der Waals surface area contributed by atoms with Gasteiger partial charge in [-0.15, -0.1) is 12.4 Å². The first kappa shape index (κ1) is 13.6. The minimum atomic E-state index is -1.04. The van der Waals surface area contributed by atoms with Crippen molar-refractivity contribution in [2.45, 2.75) is 13.0 Å². The molecule has 3 N–H and O–H groups in total. The monoisotopic (exact) mass is 236 g/mol. The summed E-state index contributed by atoms with van der Waals surface area (Å²) in [4.78, 5) is 9.61. The Morgan fingerprint density at radius 3 is 2.53 bits per heavy atom. The van der Waals surface area contributed by atoms with Gasteiger partial charge in [-0.2, -0.15) is 0 Å². The molecule has 0 aliphatic carbocycles. The number of nitro groups is 1. The molecule has 0 aliphatic rings.